The van der Waals surface area contributed by atoms with Crippen molar-refractivity contribution in [2.75, 3.05) is 6.67 Å². The summed E-state index contributed by atoms with van der Waals surface area (Å²) in [5.74, 6) is 0.152. The molecule has 0 saturated heterocycles. The highest BCUT2D eigenvalue weighted by Gasteiger charge is 2.04. The van der Waals surface area contributed by atoms with Crippen molar-refractivity contribution in [3.8, 4) is 5.75 Å². The zero-order chi connectivity index (χ0) is 12.8. The molecule has 0 aliphatic heterocycles. The highest BCUT2D eigenvalue weighted by Crippen LogP contribution is 2.14. The highest BCUT2D eigenvalue weighted by molar-refractivity contribution is 5.97. The zero-order valence-corrected chi connectivity index (χ0v) is 9.80. The molecule has 18 heavy (non-hydrogen) atoms. The van der Waals surface area contributed by atoms with Crippen LogP contribution < -0.4 is 4.74 Å². The second kappa shape index (κ2) is 5.96. The van der Waals surface area contributed by atoms with Crippen LogP contribution in [0.4, 0.5) is 4.39 Å². The summed E-state index contributed by atoms with van der Waals surface area (Å²) in [5, 5.41) is 0. The first-order valence-corrected chi connectivity index (χ1v) is 5.65. The second-order valence-electron chi connectivity index (χ2n) is 3.86. The van der Waals surface area contributed by atoms with Gasteiger partial charge in [0.25, 0.3) is 0 Å². The van der Waals surface area contributed by atoms with Crippen LogP contribution in [-0.4, -0.2) is 12.5 Å². The van der Waals surface area contributed by atoms with Crippen molar-refractivity contribution in [3.05, 3.63) is 65.7 Å². The summed E-state index contributed by atoms with van der Waals surface area (Å²) in [4.78, 5) is 11.1. The molecule has 0 unspecified atom stereocenters. The van der Waals surface area contributed by atoms with E-state index in [9.17, 15) is 9.18 Å². The molecule has 0 aliphatic carbocycles. The predicted octanol–water partition coefficient (Wildman–Crippen LogP) is 3.42. The van der Waals surface area contributed by atoms with E-state index in [1.165, 1.54) is 0 Å². The number of ketones is 1. The summed E-state index contributed by atoms with van der Waals surface area (Å²) in [6, 6.07) is 16.3. The Kier molecular flexibility index (Phi) is 4.07. The quantitative estimate of drug-likeness (QED) is 0.753. The molecule has 0 atom stereocenters. The van der Waals surface area contributed by atoms with Gasteiger partial charge in [0.05, 0.1) is 0 Å². The van der Waals surface area contributed by atoms with E-state index in [1.807, 2.05) is 30.3 Å². The lowest BCUT2D eigenvalue weighted by Gasteiger charge is -2.06. The van der Waals surface area contributed by atoms with E-state index in [0.29, 0.717) is 17.9 Å². The van der Waals surface area contributed by atoms with Gasteiger partial charge in [-0.05, 0) is 29.8 Å². The van der Waals surface area contributed by atoms with Gasteiger partial charge in [0.2, 0.25) is 0 Å². The number of carbonyl (C=O) groups excluding carboxylic acids is 1. The van der Waals surface area contributed by atoms with E-state index in [0.717, 1.165) is 5.56 Å². The fourth-order valence-corrected chi connectivity index (χ4v) is 1.56. The Hall–Kier alpha value is -2.16. The summed E-state index contributed by atoms with van der Waals surface area (Å²) in [5.41, 5.74) is 1.44. The third-order valence-corrected chi connectivity index (χ3v) is 2.55. The number of benzene rings is 2. The molecule has 0 fully saturated rings. The summed E-state index contributed by atoms with van der Waals surface area (Å²) in [6.45, 7) is -0.499. The molecule has 0 radical (unpaired) electrons. The summed E-state index contributed by atoms with van der Waals surface area (Å²) in [6.07, 6.45) is 0. The number of ether oxygens (including phenoxy) is 1. The van der Waals surface area contributed by atoms with Crippen molar-refractivity contribution in [2.24, 2.45) is 0 Å². The van der Waals surface area contributed by atoms with Crippen LogP contribution in [0.15, 0.2) is 54.6 Å². The molecule has 2 aromatic carbocycles. The molecule has 0 bridgehead atoms. The lowest BCUT2D eigenvalue weighted by atomic mass is 10.1. The largest absolute Gasteiger partial charge is 0.489 e. The fraction of sp³-hybridized carbons (Fsp3) is 0.133. The fourth-order valence-electron chi connectivity index (χ4n) is 1.56. The number of carbonyl (C=O) groups is 1. The van der Waals surface area contributed by atoms with Gasteiger partial charge >= 0.3 is 0 Å². The van der Waals surface area contributed by atoms with Crippen molar-refractivity contribution < 1.29 is 13.9 Å². The van der Waals surface area contributed by atoms with Gasteiger partial charge in [0.1, 0.15) is 12.4 Å². The minimum absolute atomic E-state index is 0.365. The minimum Gasteiger partial charge on any atom is -0.489 e. The first kappa shape index (κ1) is 12.3. The topological polar surface area (TPSA) is 26.3 Å². The molecule has 92 valence electrons. The maximum Gasteiger partial charge on any atom is 0.193 e. The smallest absolute Gasteiger partial charge is 0.193 e. The predicted molar refractivity (Wildman–Crippen MR) is 67.5 cm³/mol. The number of alkyl halides is 1. The molecule has 0 aromatic heterocycles. The Bertz CT molecular complexity index is 506. The van der Waals surface area contributed by atoms with Crippen LogP contribution in [0.1, 0.15) is 15.9 Å². The van der Waals surface area contributed by atoms with E-state index in [4.69, 9.17) is 4.74 Å². The number of hydrogen-bond acceptors (Lipinski definition) is 2. The van der Waals surface area contributed by atoms with Crippen LogP contribution in [0.5, 0.6) is 5.75 Å². The molecular formula is C15H13FO2. The highest BCUT2D eigenvalue weighted by atomic mass is 19.1. The Morgan fingerprint density at radius 2 is 1.67 bits per heavy atom. The monoisotopic (exact) mass is 244 g/mol. The molecule has 0 saturated carbocycles. The first-order chi connectivity index (χ1) is 8.79. The van der Waals surface area contributed by atoms with Gasteiger partial charge in [0, 0.05) is 5.56 Å². The minimum atomic E-state index is -0.968. The molecule has 0 heterocycles. The zero-order valence-electron chi connectivity index (χ0n) is 9.80. The van der Waals surface area contributed by atoms with E-state index in [2.05, 4.69) is 0 Å². The average molecular weight is 244 g/mol. The van der Waals surface area contributed by atoms with Crippen LogP contribution in [0.3, 0.4) is 0 Å². The molecule has 2 nitrogen and oxygen atoms in total. The van der Waals surface area contributed by atoms with Crippen LogP contribution in [0.25, 0.3) is 0 Å². The van der Waals surface area contributed by atoms with Gasteiger partial charge in [-0.15, -0.1) is 0 Å². The summed E-state index contributed by atoms with van der Waals surface area (Å²) in [7, 11) is 0. The van der Waals surface area contributed by atoms with E-state index in [-0.39, 0.29) is 0 Å². The Morgan fingerprint density at radius 1 is 1.00 bits per heavy atom. The van der Waals surface area contributed by atoms with Crippen molar-refractivity contribution in [1.29, 1.82) is 0 Å². The Labute approximate surface area is 105 Å². The number of hydrogen-bond donors (Lipinski definition) is 0. The molecule has 0 spiro atoms. The molecule has 3 heteroatoms. The third-order valence-electron chi connectivity index (χ3n) is 2.55. The van der Waals surface area contributed by atoms with Crippen LogP contribution in [0, 0.1) is 0 Å². The van der Waals surface area contributed by atoms with Gasteiger partial charge in [0.15, 0.2) is 12.5 Å². The Balaban J connectivity index is 1.97. The van der Waals surface area contributed by atoms with Gasteiger partial charge < -0.3 is 4.74 Å². The molecule has 2 rings (SSSR count). The van der Waals surface area contributed by atoms with E-state index in [1.54, 1.807) is 24.3 Å². The molecule has 0 N–H and O–H groups in total. The lowest BCUT2D eigenvalue weighted by Crippen LogP contribution is -2.01. The standard InChI is InChI=1S/C15H13FO2/c16-10-15(17)13-6-8-14(9-7-13)18-11-12-4-2-1-3-5-12/h1-9H,10-11H2. The van der Waals surface area contributed by atoms with Gasteiger partial charge in [-0.1, -0.05) is 30.3 Å². The SMILES string of the molecule is O=C(CF)c1ccc(OCc2ccccc2)cc1. The van der Waals surface area contributed by atoms with E-state index < -0.39 is 12.5 Å². The van der Waals surface area contributed by atoms with Gasteiger partial charge in [-0.3, -0.25) is 4.79 Å². The van der Waals surface area contributed by atoms with Crippen LogP contribution in [-0.2, 0) is 6.61 Å². The normalized spacial score (nSPS) is 10.1. The average Bonchev–Trinajstić information content (AvgIpc) is 2.46. The summed E-state index contributed by atoms with van der Waals surface area (Å²) >= 11 is 0. The van der Waals surface area contributed by atoms with Crippen molar-refractivity contribution in [1.82, 2.24) is 0 Å². The number of Topliss-reactive ketones (excluding diaryl/α,β-unsaturated/α-hetero) is 1. The van der Waals surface area contributed by atoms with Crippen LogP contribution in [0.2, 0.25) is 0 Å². The van der Waals surface area contributed by atoms with E-state index >= 15 is 0 Å². The van der Waals surface area contributed by atoms with Crippen molar-refractivity contribution >= 4 is 5.78 Å². The summed E-state index contributed by atoms with van der Waals surface area (Å²) < 4.78 is 17.7. The maximum absolute atomic E-state index is 12.2. The van der Waals surface area contributed by atoms with Crippen molar-refractivity contribution in [2.45, 2.75) is 6.61 Å². The Morgan fingerprint density at radius 3 is 2.28 bits per heavy atom. The number of halogens is 1. The second-order valence-corrected chi connectivity index (χ2v) is 3.86. The lowest BCUT2D eigenvalue weighted by molar-refractivity contribution is 0.0958. The van der Waals surface area contributed by atoms with Gasteiger partial charge in [-0.2, -0.15) is 0 Å². The number of rotatable bonds is 5. The molecular weight excluding hydrogens is 231 g/mol. The first-order valence-electron chi connectivity index (χ1n) is 5.65. The third kappa shape index (κ3) is 3.17. The molecule has 2 aromatic rings. The van der Waals surface area contributed by atoms with Gasteiger partial charge in [-0.25, -0.2) is 4.39 Å². The molecule has 0 amide bonds. The van der Waals surface area contributed by atoms with Crippen LogP contribution >= 0.6 is 0 Å². The molecule has 0 aliphatic rings. The van der Waals surface area contributed by atoms with Crippen molar-refractivity contribution in [3.63, 3.8) is 0 Å². The maximum atomic E-state index is 12.2.